The SMILES string of the molecule is CC(C)Oc1ccc(CNC(=O)c2cnc(OC3CCOC3)c(Cl)c2)cn1. The molecular formula is C19H22ClN3O4. The van der Waals surface area contributed by atoms with Gasteiger partial charge < -0.3 is 19.5 Å². The summed E-state index contributed by atoms with van der Waals surface area (Å²) in [6.45, 7) is 5.40. The van der Waals surface area contributed by atoms with Crippen molar-refractivity contribution < 1.29 is 19.0 Å². The standard InChI is InChI=1S/C19H22ClN3O4/c1-12(2)26-17-4-3-13(8-21-17)9-22-18(24)14-7-16(20)19(23-10-14)27-15-5-6-25-11-15/h3-4,7-8,10,12,15H,5-6,9,11H2,1-2H3,(H,22,24). The topological polar surface area (TPSA) is 82.6 Å². The minimum Gasteiger partial charge on any atom is -0.475 e. The van der Waals surface area contributed by atoms with Crippen LogP contribution in [0.4, 0.5) is 0 Å². The number of hydrogen-bond donors (Lipinski definition) is 1. The van der Waals surface area contributed by atoms with Crippen molar-refractivity contribution in [3.05, 3.63) is 46.7 Å². The maximum absolute atomic E-state index is 12.3. The number of halogens is 1. The highest BCUT2D eigenvalue weighted by Gasteiger charge is 2.20. The number of pyridine rings is 2. The van der Waals surface area contributed by atoms with E-state index in [0.29, 0.717) is 42.1 Å². The average Bonchev–Trinajstić information content (AvgIpc) is 3.15. The van der Waals surface area contributed by atoms with Gasteiger partial charge in [-0.3, -0.25) is 4.79 Å². The van der Waals surface area contributed by atoms with Gasteiger partial charge in [0, 0.05) is 31.4 Å². The Morgan fingerprint density at radius 2 is 2.22 bits per heavy atom. The number of carbonyl (C=O) groups excluding carboxylic acids is 1. The minimum absolute atomic E-state index is 0.0511. The molecule has 3 heterocycles. The molecule has 1 N–H and O–H groups in total. The molecule has 0 aliphatic carbocycles. The molecular weight excluding hydrogens is 370 g/mol. The van der Waals surface area contributed by atoms with E-state index in [1.165, 1.54) is 6.20 Å². The van der Waals surface area contributed by atoms with E-state index in [1.807, 2.05) is 19.9 Å². The minimum atomic E-state index is -0.275. The molecule has 8 heteroatoms. The third-order valence-electron chi connectivity index (χ3n) is 3.84. The lowest BCUT2D eigenvalue weighted by Gasteiger charge is -2.13. The van der Waals surface area contributed by atoms with Crippen LogP contribution < -0.4 is 14.8 Å². The first-order valence-corrected chi connectivity index (χ1v) is 9.19. The largest absolute Gasteiger partial charge is 0.475 e. The summed E-state index contributed by atoms with van der Waals surface area (Å²) in [4.78, 5) is 20.7. The molecule has 0 radical (unpaired) electrons. The number of aromatic nitrogens is 2. The normalized spacial score (nSPS) is 16.4. The van der Waals surface area contributed by atoms with Gasteiger partial charge in [-0.25, -0.2) is 9.97 Å². The fraction of sp³-hybridized carbons (Fsp3) is 0.421. The van der Waals surface area contributed by atoms with Gasteiger partial charge in [-0.05, 0) is 25.5 Å². The van der Waals surface area contributed by atoms with Gasteiger partial charge in [0.1, 0.15) is 11.1 Å². The summed E-state index contributed by atoms with van der Waals surface area (Å²) in [5, 5.41) is 3.11. The first-order valence-electron chi connectivity index (χ1n) is 8.81. The van der Waals surface area contributed by atoms with Crippen molar-refractivity contribution in [2.45, 2.75) is 39.0 Å². The second kappa shape index (κ2) is 9.01. The van der Waals surface area contributed by atoms with Crippen LogP contribution in [0.25, 0.3) is 0 Å². The molecule has 3 rings (SSSR count). The van der Waals surface area contributed by atoms with E-state index in [4.69, 9.17) is 25.8 Å². The van der Waals surface area contributed by atoms with E-state index in [1.54, 1.807) is 18.3 Å². The van der Waals surface area contributed by atoms with E-state index >= 15 is 0 Å². The van der Waals surface area contributed by atoms with Gasteiger partial charge >= 0.3 is 0 Å². The summed E-state index contributed by atoms with van der Waals surface area (Å²) < 4.78 is 16.4. The molecule has 2 aromatic rings. The third-order valence-corrected chi connectivity index (χ3v) is 4.11. The molecule has 1 amide bonds. The fourth-order valence-electron chi connectivity index (χ4n) is 2.51. The molecule has 1 fully saturated rings. The van der Waals surface area contributed by atoms with Crippen molar-refractivity contribution >= 4 is 17.5 Å². The summed E-state index contributed by atoms with van der Waals surface area (Å²) in [6.07, 6.45) is 3.93. The van der Waals surface area contributed by atoms with Gasteiger partial charge in [-0.2, -0.15) is 0 Å². The monoisotopic (exact) mass is 391 g/mol. The second-order valence-corrected chi connectivity index (χ2v) is 6.88. The van der Waals surface area contributed by atoms with Gasteiger partial charge in [-0.15, -0.1) is 0 Å². The zero-order valence-electron chi connectivity index (χ0n) is 15.3. The van der Waals surface area contributed by atoms with Crippen LogP contribution in [-0.4, -0.2) is 41.3 Å². The van der Waals surface area contributed by atoms with Crippen LogP contribution in [0.15, 0.2) is 30.6 Å². The van der Waals surface area contributed by atoms with Crippen LogP contribution >= 0.6 is 11.6 Å². The quantitative estimate of drug-likeness (QED) is 0.781. The van der Waals surface area contributed by atoms with Gasteiger partial charge in [0.15, 0.2) is 0 Å². The van der Waals surface area contributed by atoms with Crippen molar-refractivity contribution in [3.8, 4) is 11.8 Å². The van der Waals surface area contributed by atoms with E-state index < -0.39 is 0 Å². The second-order valence-electron chi connectivity index (χ2n) is 6.47. The number of nitrogens with zero attached hydrogens (tertiary/aromatic N) is 2. The number of hydrogen-bond acceptors (Lipinski definition) is 6. The summed E-state index contributed by atoms with van der Waals surface area (Å²) in [5.41, 5.74) is 1.22. The van der Waals surface area contributed by atoms with Crippen LogP contribution in [0.5, 0.6) is 11.8 Å². The van der Waals surface area contributed by atoms with Crippen LogP contribution in [-0.2, 0) is 11.3 Å². The van der Waals surface area contributed by atoms with Crippen molar-refractivity contribution in [2.24, 2.45) is 0 Å². The molecule has 0 saturated carbocycles. The van der Waals surface area contributed by atoms with E-state index in [2.05, 4.69) is 15.3 Å². The maximum atomic E-state index is 12.3. The Labute approximate surface area is 163 Å². The Hall–Kier alpha value is -2.38. The smallest absolute Gasteiger partial charge is 0.253 e. The third kappa shape index (κ3) is 5.55. The van der Waals surface area contributed by atoms with E-state index in [-0.39, 0.29) is 18.1 Å². The lowest BCUT2D eigenvalue weighted by Crippen LogP contribution is -2.23. The molecule has 1 atom stereocenters. The van der Waals surface area contributed by atoms with Crippen LogP contribution in [0.1, 0.15) is 36.2 Å². The molecule has 1 saturated heterocycles. The highest BCUT2D eigenvalue weighted by atomic mass is 35.5. The van der Waals surface area contributed by atoms with Crippen LogP contribution in [0.2, 0.25) is 5.02 Å². The number of nitrogens with one attached hydrogen (secondary N) is 1. The zero-order valence-corrected chi connectivity index (χ0v) is 16.0. The predicted octanol–water partition coefficient (Wildman–Crippen LogP) is 3.01. The van der Waals surface area contributed by atoms with Gasteiger partial charge in [-0.1, -0.05) is 17.7 Å². The van der Waals surface area contributed by atoms with E-state index in [0.717, 1.165) is 12.0 Å². The Balaban J connectivity index is 1.55. The van der Waals surface area contributed by atoms with Crippen molar-refractivity contribution in [3.63, 3.8) is 0 Å². The highest BCUT2D eigenvalue weighted by molar-refractivity contribution is 6.32. The molecule has 1 unspecified atom stereocenters. The van der Waals surface area contributed by atoms with Gasteiger partial charge in [0.2, 0.25) is 11.8 Å². The molecule has 0 spiro atoms. The lowest BCUT2D eigenvalue weighted by molar-refractivity contribution is 0.0950. The first kappa shape index (κ1) is 19.4. The van der Waals surface area contributed by atoms with Crippen molar-refractivity contribution in [2.75, 3.05) is 13.2 Å². The summed E-state index contributed by atoms with van der Waals surface area (Å²) in [6, 6.07) is 5.18. The molecule has 1 aliphatic rings. The zero-order chi connectivity index (χ0) is 19.2. The summed E-state index contributed by atoms with van der Waals surface area (Å²) >= 11 is 6.20. The molecule has 2 aromatic heterocycles. The predicted molar refractivity (Wildman–Crippen MR) is 100 cm³/mol. The summed E-state index contributed by atoms with van der Waals surface area (Å²) in [5.74, 6) is 0.593. The Kier molecular flexibility index (Phi) is 6.47. The molecule has 7 nitrogen and oxygen atoms in total. The number of amides is 1. The van der Waals surface area contributed by atoms with Crippen LogP contribution in [0.3, 0.4) is 0 Å². The number of carbonyl (C=O) groups is 1. The fourth-order valence-corrected chi connectivity index (χ4v) is 2.72. The first-order chi connectivity index (χ1) is 13.0. The van der Waals surface area contributed by atoms with Crippen molar-refractivity contribution in [1.82, 2.24) is 15.3 Å². The van der Waals surface area contributed by atoms with Crippen molar-refractivity contribution in [1.29, 1.82) is 0 Å². The number of rotatable bonds is 7. The maximum Gasteiger partial charge on any atom is 0.253 e. The molecule has 0 aromatic carbocycles. The average molecular weight is 392 g/mol. The van der Waals surface area contributed by atoms with Crippen LogP contribution in [0, 0.1) is 0 Å². The summed E-state index contributed by atoms with van der Waals surface area (Å²) in [7, 11) is 0. The molecule has 0 bridgehead atoms. The van der Waals surface area contributed by atoms with Gasteiger partial charge in [0.25, 0.3) is 5.91 Å². The Bertz CT molecular complexity index is 777. The van der Waals surface area contributed by atoms with Gasteiger partial charge in [0.05, 0.1) is 24.9 Å². The van der Waals surface area contributed by atoms with E-state index in [9.17, 15) is 4.79 Å². The Morgan fingerprint density at radius 1 is 1.37 bits per heavy atom. The number of ether oxygens (including phenoxy) is 3. The lowest BCUT2D eigenvalue weighted by atomic mass is 10.2. The molecule has 144 valence electrons. The Morgan fingerprint density at radius 3 is 2.85 bits per heavy atom. The molecule has 27 heavy (non-hydrogen) atoms. The highest BCUT2D eigenvalue weighted by Crippen LogP contribution is 2.25. The molecule has 1 aliphatic heterocycles.